The smallest absolute Gasteiger partial charge is 0.586 e. The molecule has 1 amide bonds. The van der Waals surface area contributed by atoms with Crippen molar-refractivity contribution in [3.8, 4) is 11.5 Å². The van der Waals surface area contributed by atoms with Crippen LogP contribution in [0.3, 0.4) is 0 Å². The highest BCUT2D eigenvalue weighted by molar-refractivity contribution is 7.90. The Balaban J connectivity index is 1.38. The first-order chi connectivity index (χ1) is 17.8. The van der Waals surface area contributed by atoms with Crippen LogP contribution in [-0.2, 0) is 21.6 Å². The molecule has 2 aliphatic rings. The van der Waals surface area contributed by atoms with Gasteiger partial charge < -0.3 is 19.3 Å². The molecule has 0 spiro atoms. The molecule has 5 rings (SSSR count). The summed E-state index contributed by atoms with van der Waals surface area (Å²) in [4.78, 5) is 18.1. The first kappa shape index (κ1) is 27.1. The molecule has 1 aliphatic heterocycles. The van der Waals surface area contributed by atoms with E-state index < -0.39 is 39.7 Å². The van der Waals surface area contributed by atoms with Crippen LogP contribution >= 0.6 is 22.9 Å². The molecule has 0 saturated heterocycles. The minimum absolute atomic E-state index is 0.0971. The van der Waals surface area contributed by atoms with Gasteiger partial charge in [0, 0.05) is 28.1 Å². The van der Waals surface area contributed by atoms with Crippen LogP contribution in [0.4, 0.5) is 18.3 Å². The van der Waals surface area contributed by atoms with Crippen LogP contribution in [0.15, 0.2) is 42.6 Å². The molecule has 1 saturated carbocycles. The quantitative estimate of drug-likeness (QED) is 0.327. The van der Waals surface area contributed by atoms with Crippen molar-refractivity contribution in [3.05, 3.63) is 69.4 Å². The van der Waals surface area contributed by atoms with Gasteiger partial charge in [-0.15, -0.1) is 13.5 Å². The number of aromatic nitrogens is 1. The predicted octanol–water partition coefficient (Wildman–Crippen LogP) is 6.07. The highest BCUT2D eigenvalue weighted by Crippen LogP contribution is 2.52. The standard InChI is InChI=1S/C25H23ClF3N3O4S2/c1-23(2,3)38(34)32-20(15-6-5-14(26)11-16(15)27)19-12-30-22(37-19)31-21(33)24(8-9-24)13-4-7-17-18(10-13)36-25(28,29)35-17/h4-7,10-12,20,32H,8-9H2,1-3H3,(H,30,31,33)/t20-,38+/m0/s1. The third-order valence-electron chi connectivity index (χ3n) is 6.22. The normalized spacial score (nSPS) is 18.6. The van der Waals surface area contributed by atoms with Crippen LogP contribution in [-0.4, -0.2) is 26.5 Å². The highest BCUT2D eigenvalue weighted by atomic mass is 35.5. The van der Waals surface area contributed by atoms with E-state index in [9.17, 15) is 22.5 Å². The van der Waals surface area contributed by atoms with Gasteiger partial charge in [0.2, 0.25) is 5.91 Å². The van der Waals surface area contributed by atoms with E-state index in [0.717, 1.165) is 11.3 Å². The predicted molar refractivity (Wildman–Crippen MR) is 139 cm³/mol. The maximum Gasteiger partial charge on any atom is 0.586 e. The zero-order chi connectivity index (χ0) is 27.5. The fourth-order valence-electron chi connectivity index (χ4n) is 4.01. The molecule has 7 nitrogen and oxygen atoms in total. The number of benzene rings is 2. The Morgan fingerprint density at radius 2 is 1.89 bits per heavy atom. The molecule has 3 aromatic rings. The first-order valence-corrected chi connectivity index (χ1v) is 13.9. The maximum atomic E-state index is 14.9. The zero-order valence-corrected chi connectivity index (χ0v) is 22.8. The molecule has 1 aromatic heterocycles. The number of hydrogen-bond donors (Lipinski definition) is 2. The summed E-state index contributed by atoms with van der Waals surface area (Å²) >= 11 is 5.48. The van der Waals surface area contributed by atoms with Gasteiger partial charge in [-0.05, 0) is 63.4 Å². The highest BCUT2D eigenvalue weighted by Gasteiger charge is 2.53. The lowest BCUT2D eigenvalue weighted by molar-refractivity contribution is -0.286. The number of nitrogens with one attached hydrogen (secondary N) is 2. The molecule has 1 fully saturated rings. The minimum atomic E-state index is -3.75. The molecule has 2 N–H and O–H groups in total. The second-order valence-electron chi connectivity index (χ2n) is 10.0. The summed E-state index contributed by atoms with van der Waals surface area (Å²) in [7, 11) is 0. The average Bonchev–Trinajstić information content (AvgIpc) is 3.40. The molecule has 2 aromatic carbocycles. The molecule has 202 valence electrons. The summed E-state index contributed by atoms with van der Waals surface area (Å²) < 4.78 is 65.9. The van der Waals surface area contributed by atoms with E-state index in [1.165, 1.54) is 36.5 Å². The zero-order valence-electron chi connectivity index (χ0n) is 20.4. The molecule has 0 radical (unpaired) electrons. The number of carbonyl (C=O) groups excluding carboxylic acids is 1. The van der Waals surface area contributed by atoms with Crippen LogP contribution in [0.2, 0.25) is 5.02 Å². The number of amides is 1. The van der Waals surface area contributed by atoms with Crippen molar-refractivity contribution in [1.29, 1.82) is 0 Å². The van der Waals surface area contributed by atoms with Crippen LogP contribution < -0.4 is 19.5 Å². The van der Waals surface area contributed by atoms with Gasteiger partial charge in [-0.3, -0.25) is 4.79 Å². The second-order valence-corrected chi connectivity index (χ2v) is 13.5. The maximum absolute atomic E-state index is 14.9. The van der Waals surface area contributed by atoms with Crippen molar-refractivity contribution >= 4 is 45.3 Å². The van der Waals surface area contributed by atoms with Crippen LogP contribution in [0, 0.1) is 5.82 Å². The molecule has 0 bridgehead atoms. The Hall–Kier alpha value is -2.51. The Bertz CT molecular complexity index is 1390. The van der Waals surface area contributed by atoms with Gasteiger partial charge in [0.25, 0.3) is 0 Å². The fourth-order valence-corrected chi connectivity index (χ4v) is 5.94. The van der Waals surface area contributed by atoms with Crippen molar-refractivity contribution in [2.24, 2.45) is 0 Å². The number of rotatable bonds is 7. The molecule has 2 atom stereocenters. The SMILES string of the molecule is CC(C)(C)[S@@+]([O-])N[C@H](c1cnc(NC(=O)C2(c3ccc4c(c3)OC(F)(F)O4)CC2)s1)c1ccc(Cl)cc1F. The Morgan fingerprint density at radius 1 is 1.18 bits per heavy atom. The molecule has 1 aliphatic carbocycles. The topological polar surface area (TPSA) is 95.5 Å². The molecule has 0 unspecified atom stereocenters. The molecule has 38 heavy (non-hydrogen) atoms. The summed E-state index contributed by atoms with van der Waals surface area (Å²) in [6.07, 6.45) is -1.24. The van der Waals surface area contributed by atoms with E-state index in [1.54, 1.807) is 26.8 Å². The van der Waals surface area contributed by atoms with E-state index in [2.05, 4.69) is 24.5 Å². The number of alkyl halides is 2. The Labute approximate surface area is 229 Å². The largest absolute Gasteiger partial charge is 0.598 e. The summed E-state index contributed by atoms with van der Waals surface area (Å²) in [5.74, 6) is -1.16. The van der Waals surface area contributed by atoms with Crippen LogP contribution in [0.25, 0.3) is 0 Å². The van der Waals surface area contributed by atoms with E-state index in [0.29, 0.717) is 23.3 Å². The fraction of sp³-hybridized carbons (Fsp3) is 0.360. The lowest BCUT2D eigenvalue weighted by Crippen LogP contribution is -2.41. The number of hydrogen-bond acceptors (Lipinski definition) is 7. The van der Waals surface area contributed by atoms with E-state index in [-0.39, 0.29) is 33.1 Å². The Morgan fingerprint density at radius 3 is 2.55 bits per heavy atom. The van der Waals surface area contributed by atoms with Crippen molar-refractivity contribution in [3.63, 3.8) is 0 Å². The third kappa shape index (κ3) is 5.32. The monoisotopic (exact) mass is 585 g/mol. The number of carbonyl (C=O) groups is 1. The van der Waals surface area contributed by atoms with Gasteiger partial charge >= 0.3 is 6.29 Å². The lowest BCUT2D eigenvalue weighted by Gasteiger charge is -2.27. The number of anilines is 1. The van der Waals surface area contributed by atoms with Crippen molar-refractivity contribution < 1.29 is 32.0 Å². The number of fused-ring (bicyclic) bond motifs is 1. The first-order valence-electron chi connectivity index (χ1n) is 11.6. The van der Waals surface area contributed by atoms with Crippen molar-refractivity contribution in [2.45, 2.75) is 56.1 Å². The number of halogens is 4. The lowest BCUT2D eigenvalue weighted by atomic mass is 9.94. The summed E-state index contributed by atoms with van der Waals surface area (Å²) in [6.45, 7) is 5.36. The summed E-state index contributed by atoms with van der Waals surface area (Å²) in [6, 6.07) is 7.71. The van der Waals surface area contributed by atoms with E-state index >= 15 is 0 Å². The summed E-state index contributed by atoms with van der Waals surface area (Å²) in [5.41, 5.74) is -0.171. The number of ether oxygens (including phenoxy) is 2. The molecular formula is C25H23ClF3N3O4S2. The number of thiazole rings is 1. The Kier molecular flexibility index (Phi) is 6.84. The second kappa shape index (κ2) is 9.60. The van der Waals surface area contributed by atoms with Gasteiger partial charge in [-0.1, -0.05) is 35.1 Å². The number of nitrogens with zero attached hydrogens (tertiary/aromatic N) is 1. The van der Waals surface area contributed by atoms with Gasteiger partial charge in [0.05, 0.1) is 10.3 Å². The van der Waals surface area contributed by atoms with Gasteiger partial charge in [-0.25, -0.2) is 9.37 Å². The van der Waals surface area contributed by atoms with Crippen LogP contribution in [0.5, 0.6) is 11.5 Å². The summed E-state index contributed by atoms with van der Waals surface area (Å²) in [5, 5.41) is 3.27. The van der Waals surface area contributed by atoms with Gasteiger partial charge in [0.1, 0.15) is 16.6 Å². The van der Waals surface area contributed by atoms with Gasteiger partial charge in [-0.2, -0.15) is 0 Å². The molecule has 13 heteroatoms. The third-order valence-corrected chi connectivity index (χ3v) is 9.00. The van der Waals surface area contributed by atoms with E-state index in [4.69, 9.17) is 11.6 Å². The minimum Gasteiger partial charge on any atom is -0.598 e. The van der Waals surface area contributed by atoms with Crippen LogP contribution in [0.1, 0.15) is 55.7 Å². The van der Waals surface area contributed by atoms with Crippen molar-refractivity contribution in [1.82, 2.24) is 9.71 Å². The van der Waals surface area contributed by atoms with Gasteiger partial charge in [0.15, 0.2) is 16.6 Å². The molecule has 2 heterocycles. The average molecular weight is 586 g/mol. The van der Waals surface area contributed by atoms with E-state index in [1.807, 2.05) is 0 Å². The van der Waals surface area contributed by atoms with Crippen molar-refractivity contribution in [2.75, 3.05) is 5.32 Å². The molecular weight excluding hydrogens is 563 g/mol.